The summed E-state index contributed by atoms with van der Waals surface area (Å²) in [5, 5.41) is 10.6. The Morgan fingerprint density at radius 3 is 1.70 bits per heavy atom. The van der Waals surface area contributed by atoms with Crippen molar-refractivity contribution in [2.24, 2.45) is 5.41 Å². The van der Waals surface area contributed by atoms with Crippen LogP contribution in [0.15, 0.2) is 34.8 Å². The van der Waals surface area contributed by atoms with Gasteiger partial charge in [-0.15, -0.1) is 0 Å². The van der Waals surface area contributed by atoms with Crippen LogP contribution in [-0.4, -0.2) is 21.1 Å². The monoisotopic (exact) mass is 655 g/mol. The molecule has 2 aliphatic rings. The second-order valence-corrected chi connectivity index (χ2v) is 25.1. The van der Waals surface area contributed by atoms with E-state index in [0.29, 0.717) is 33.2 Å². The molecular formula is C31H54INO2Si2. The Balaban J connectivity index is 2.70. The van der Waals surface area contributed by atoms with Gasteiger partial charge in [-0.1, -0.05) is 106 Å². The van der Waals surface area contributed by atoms with Crippen LogP contribution < -0.4 is 0 Å². The number of alkyl halides is 1. The first-order valence-corrected chi connectivity index (χ1v) is 20.5. The van der Waals surface area contributed by atoms with Crippen molar-refractivity contribution in [1.82, 2.24) is 0 Å². The molecule has 6 heteroatoms. The normalized spacial score (nSPS) is 21.1. The van der Waals surface area contributed by atoms with Gasteiger partial charge in [0.15, 0.2) is 0 Å². The van der Waals surface area contributed by atoms with Crippen LogP contribution in [0.2, 0.25) is 33.2 Å². The molecule has 0 N–H and O–H groups in total. The molecule has 0 amide bonds. The number of nitriles is 1. The van der Waals surface area contributed by atoms with Gasteiger partial charge in [-0.05, 0) is 70.2 Å². The van der Waals surface area contributed by atoms with Crippen molar-refractivity contribution in [3.63, 3.8) is 0 Å². The highest BCUT2D eigenvalue weighted by atomic mass is 127. The molecule has 0 fully saturated rings. The van der Waals surface area contributed by atoms with Crippen molar-refractivity contribution in [1.29, 1.82) is 5.26 Å². The number of hydrogen-bond donors (Lipinski definition) is 0. The summed E-state index contributed by atoms with van der Waals surface area (Å²) in [7, 11) is -4.24. The van der Waals surface area contributed by atoms with E-state index in [-0.39, 0.29) is 0 Å². The van der Waals surface area contributed by atoms with Crippen LogP contribution in [0.3, 0.4) is 0 Å². The summed E-state index contributed by atoms with van der Waals surface area (Å²) in [4.78, 5) is 0. The molecule has 0 aromatic carbocycles. The molecule has 0 saturated heterocycles. The van der Waals surface area contributed by atoms with Gasteiger partial charge < -0.3 is 8.85 Å². The fraction of sp³-hybridized carbons (Fsp3) is 0.774. The average Bonchev–Trinajstić information content (AvgIpc) is 3.11. The molecular weight excluding hydrogens is 601 g/mol. The smallest absolute Gasteiger partial charge is 0.258 e. The molecule has 0 saturated carbocycles. The SMILES string of the molecule is CC(C)[Si](OC1=CC2=C(CC=C2O[Si](C(C)C)(C(C)C)C(C)C)C(C#N)(CCI)CC1)(C(C)C)C(C)C. The summed E-state index contributed by atoms with van der Waals surface area (Å²) >= 11 is 2.44. The van der Waals surface area contributed by atoms with Crippen LogP contribution in [0.5, 0.6) is 0 Å². The minimum Gasteiger partial charge on any atom is -0.546 e. The number of allylic oxidation sites excluding steroid dienone is 4. The van der Waals surface area contributed by atoms with Gasteiger partial charge >= 0.3 is 0 Å². The fourth-order valence-electron chi connectivity index (χ4n) is 7.81. The van der Waals surface area contributed by atoms with Gasteiger partial charge in [0, 0.05) is 16.4 Å². The maximum Gasteiger partial charge on any atom is 0.258 e. The standard InChI is InChI=1S/C31H54INO2Si2/c1-21(2)36(22(3)4,23(5)6)34-27-15-16-31(20-33,17-18-32)29-13-14-30(28(29)19-27)35-37(24(7)8,25(9)10)26(11)12/h14,19,21-26H,13,15-18H2,1-12H3. The van der Waals surface area contributed by atoms with Crippen molar-refractivity contribution >= 4 is 39.2 Å². The molecule has 3 nitrogen and oxygen atoms in total. The van der Waals surface area contributed by atoms with E-state index >= 15 is 0 Å². The van der Waals surface area contributed by atoms with E-state index in [4.69, 9.17) is 8.85 Å². The van der Waals surface area contributed by atoms with E-state index in [9.17, 15) is 5.26 Å². The molecule has 0 bridgehead atoms. The highest BCUT2D eigenvalue weighted by Gasteiger charge is 2.50. The van der Waals surface area contributed by atoms with E-state index in [0.717, 1.165) is 47.2 Å². The van der Waals surface area contributed by atoms with Crippen molar-refractivity contribution in [3.05, 3.63) is 34.8 Å². The molecule has 0 aromatic heterocycles. The number of nitrogens with zero attached hydrogens (tertiary/aromatic N) is 1. The molecule has 0 heterocycles. The minimum atomic E-state index is -2.13. The van der Waals surface area contributed by atoms with E-state index in [1.807, 2.05) is 0 Å². The van der Waals surface area contributed by atoms with Gasteiger partial charge in [0.1, 0.15) is 5.76 Å². The molecule has 1 atom stereocenters. The minimum absolute atomic E-state index is 0.449. The first-order chi connectivity index (χ1) is 17.2. The molecule has 0 spiro atoms. The average molecular weight is 656 g/mol. The van der Waals surface area contributed by atoms with E-state index in [1.54, 1.807) is 0 Å². The van der Waals surface area contributed by atoms with Gasteiger partial charge in [0.2, 0.25) is 0 Å². The van der Waals surface area contributed by atoms with Gasteiger partial charge in [-0.2, -0.15) is 5.26 Å². The van der Waals surface area contributed by atoms with Gasteiger partial charge in [-0.25, -0.2) is 0 Å². The number of halogens is 1. The molecule has 1 unspecified atom stereocenters. The van der Waals surface area contributed by atoms with Gasteiger partial charge in [0.05, 0.1) is 17.2 Å². The maximum atomic E-state index is 10.6. The van der Waals surface area contributed by atoms with E-state index in [1.165, 1.54) is 5.57 Å². The topological polar surface area (TPSA) is 42.2 Å². The van der Waals surface area contributed by atoms with Crippen LogP contribution in [-0.2, 0) is 8.85 Å². The summed E-state index contributed by atoms with van der Waals surface area (Å²) in [5.74, 6) is 2.11. The lowest BCUT2D eigenvalue weighted by molar-refractivity contribution is 0.329. The second-order valence-electron chi connectivity index (χ2n) is 13.2. The predicted octanol–water partition coefficient (Wildman–Crippen LogP) is 11.0. The summed E-state index contributed by atoms with van der Waals surface area (Å²) < 4.78 is 15.5. The lowest BCUT2D eigenvalue weighted by atomic mass is 9.74. The Labute approximate surface area is 244 Å². The summed E-state index contributed by atoms with van der Waals surface area (Å²) in [6.07, 6.45) is 7.96. The third-order valence-electron chi connectivity index (χ3n) is 9.51. The van der Waals surface area contributed by atoms with Gasteiger partial charge in [0.25, 0.3) is 16.6 Å². The molecule has 2 rings (SSSR count). The molecule has 37 heavy (non-hydrogen) atoms. The zero-order chi connectivity index (χ0) is 28.3. The maximum absolute atomic E-state index is 10.6. The van der Waals surface area contributed by atoms with Crippen LogP contribution in [0.1, 0.15) is 109 Å². The van der Waals surface area contributed by atoms with Crippen molar-refractivity contribution in [2.75, 3.05) is 4.43 Å². The first-order valence-electron chi connectivity index (χ1n) is 14.7. The summed E-state index contributed by atoms with van der Waals surface area (Å²) in [5.41, 5.74) is 5.02. The molecule has 210 valence electrons. The van der Waals surface area contributed by atoms with Crippen LogP contribution in [0.25, 0.3) is 0 Å². The van der Waals surface area contributed by atoms with Crippen molar-refractivity contribution in [3.8, 4) is 6.07 Å². The zero-order valence-corrected chi connectivity index (χ0v) is 30.0. The Kier molecular flexibility index (Phi) is 11.3. The second kappa shape index (κ2) is 12.8. The largest absolute Gasteiger partial charge is 0.546 e. The Hall–Kier alpha value is -0.526. The highest BCUT2D eigenvalue weighted by Crippen LogP contribution is 2.53. The highest BCUT2D eigenvalue weighted by molar-refractivity contribution is 14.1. The van der Waals surface area contributed by atoms with Crippen LogP contribution >= 0.6 is 22.6 Å². The predicted molar refractivity (Wildman–Crippen MR) is 173 cm³/mol. The lowest BCUT2D eigenvalue weighted by Gasteiger charge is -2.43. The lowest BCUT2D eigenvalue weighted by Crippen LogP contribution is -2.47. The Bertz CT molecular complexity index is 896. The number of hydrogen-bond acceptors (Lipinski definition) is 3. The number of rotatable bonds is 12. The Morgan fingerprint density at radius 1 is 0.838 bits per heavy atom. The zero-order valence-electron chi connectivity index (χ0n) is 25.8. The molecule has 0 radical (unpaired) electrons. The quantitative estimate of drug-likeness (QED) is 0.119. The Morgan fingerprint density at radius 2 is 1.30 bits per heavy atom. The van der Waals surface area contributed by atoms with Gasteiger partial charge in [-0.3, -0.25) is 0 Å². The molecule has 2 aliphatic carbocycles. The fourth-order valence-corrected chi connectivity index (χ4v) is 19.3. The third kappa shape index (κ3) is 5.99. The third-order valence-corrected chi connectivity index (χ3v) is 22.1. The van der Waals surface area contributed by atoms with Crippen molar-refractivity contribution in [2.45, 2.75) is 142 Å². The van der Waals surface area contributed by atoms with Crippen LogP contribution in [0.4, 0.5) is 0 Å². The van der Waals surface area contributed by atoms with E-state index in [2.05, 4.69) is 124 Å². The van der Waals surface area contributed by atoms with Crippen LogP contribution in [0, 0.1) is 16.7 Å². The first kappa shape index (κ1) is 32.7. The van der Waals surface area contributed by atoms with E-state index < -0.39 is 22.0 Å². The molecule has 0 aliphatic heterocycles. The molecule has 0 aromatic rings. The van der Waals surface area contributed by atoms with Crippen molar-refractivity contribution < 1.29 is 8.85 Å². The summed E-state index contributed by atoms with van der Waals surface area (Å²) in [6, 6.07) is 2.82. The summed E-state index contributed by atoms with van der Waals surface area (Å²) in [6.45, 7) is 28.2.